The molecule has 2 atom stereocenters. The third kappa shape index (κ3) is 4.36. The number of hydrazine groups is 1. The second-order valence-electron chi connectivity index (χ2n) is 6.06. The Morgan fingerprint density at radius 1 is 1.33 bits per heavy atom. The van der Waals surface area contributed by atoms with Gasteiger partial charge in [0, 0.05) is 12.9 Å². The summed E-state index contributed by atoms with van der Waals surface area (Å²) in [5.74, 6) is 7.83. The minimum atomic E-state index is -3.23. The molecule has 11 heteroatoms. The zero-order chi connectivity index (χ0) is 19.4. The van der Waals surface area contributed by atoms with E-state index in [1.165, 1.54) is 17.2 Å². The van der Waals surface area contributed by atoms with Crippen LogP contribution in [0.2, 0.25) is 0 Å². The van der Waals surface area contributed by atoms with Crippen molar-refractivity contribution in [2.45, 2.75) is 39.0 Å². The van der Waals surface area contributed by atoms with Gasteiger partial charge >= 0.3 is 7.60 Å². The van der Waals surface area contributed by atoms with E-state index in [-0.39, 0.29) is 12.3 Å². The average Bonchev–Trinajstić information content (AvgIpc) is 3.26. The van der Waals surface area contributed by atoms with E-state index in [1.807, 2.05) is 4.57 Å². The zero-order valence-corrected chi connectivity index (χ0v) is 16.6. The lowest BCUT2D eigenvalue weighted by molar-refractivity contribution is 0.0258. The fourth-order valence-corrected chi connectivity index (χ4v) is 4.35. The molecular formula is C16H25N6O4P. The highest BCUT2D eigenvalue weighted by molar-refractivity contribution is 7.57. The fourth-order valence-electron chi connectivity index (χ4n) is 2.98. The van der Waals surface area contributed by atoms with Crippen molar-refractivity contribution in [3.63, 3.8) is 0 Å². The van der Waals surface area contributed by atoms with Crippen LogP contribution >= 0.6 is 7.60 Å². The molecule has 3 heterocycles. The number of rotatable bonds is 8. The molecule has 0 bridgehead atoms. The van der Waals surface area contributed by atoms with E-state index >= 15 is 0 Å². The Kier molecular flexibility index (Phi) is 6.23. The van der Waals surface area contributed by atoms with Gasteiger partial charge in [0.2, 0.25) is 0 Å². The lowest BCUT2D eigenvalue weighted by atomic mass is 10.2. The summed E-state index contributed by atoms with van der Waals surface area (Å²) >= 11 is 0. The van der Waals surface area contributed by atoms with Gasteiger partial charge in [-0.3, -0.25) is 14.1 Å². The predicted octanol–water partition coefficient (Wildman–Crippen LogP) is 2.59. The number of ether oxygens (including phenoxy) is 1. The SMILES string of the molecule is CCOP(=O)(/C=C/[C@@H]1CC[C@H](n2cnc3c(N(C)N)ncnc32)O1)OCC. The summed E-state index contributed by atoms with van der Waals surface area (Å²) in [6.07, 6.45) is 5.99. The molecular weight excluding hydrogens is 371 g/mol. The van der Waals surface area contributed by atoms with Crippen LogP contribution in [-0.2, 0) is 18.3 Å². The molecule has 1 aliphatic heterocycles. The number of fused-ring (bicyclic) bond motifs is 1. The summed E-state index contributed by atoms with van der Waals surface area (Å²) in [5.41, 5.74) is 1.27. The first kappa shape index (κ1) is 19.9. The van der Waals surface area contributed by atoms with Crippen molar-refractivity contribution in [1.29, 1.82) is 0 Å². The normalized spacial score (nSPS) is 20.7. The molecule has 0 spiro atoms. The molecule has 0 amide bonds. The largest absolute Gasteiger partial charge is 0.353 e. The van der Waals surface area contributed by atoms with E-state index < -0.39 is 7.60 Å². The molecule has 2 N–H and O–H groups in total. The van der Waals surface area contributed by atoms with Gasteiger partial charge in [0.05, 0.1) is 25.6 Å². The van der Waals surface area contributed by atoms with Crippen molar-refractivity contribution in [3.8, 4) is 0 Å². The second kappa shape index (κ2) is 8.45. The van der Waals surface area contributed by atoms with Crippen LogP contribution in [0.3, 0.4) is 0 Å². The van der Waals surface area contributed by atoms with Gasteiger partial charge in [-0.15, -0.1) is 0 Å². The van der Waals surface area contributed by atoms with Gasteiger partial charge in [-0.05, 0) is 32.8 Å². The van der Waals surface area contributed by atoms with Gasteiger partial charge < -0.3 is 13.8 Å². The molecule has 0 aromatic carbocycles. The summed E-state index contributed by atoms with van der Waals surface area (Å²) in [6.45, 7) is 4.18. The van der Waals surface area contributed by atoms with Gasteiger partial charge in [0.25, 0.3) is 0 Å². The summed E-state index contributed by atoms with van der Waals surface area (Å²) < 4.78 is 31.0. The molecule has 2 aromatic heterocycles. The first-order chi connectivity index (χ1) is 13.0. The highest BCUT2D eigenvalue weighted by Gasteiger charge is 2.28. The van der Waals surface area contributed by atoms with Gasteiger partial charge in [-0.1, -0.05) is 0 Å². The van der Waals surface area contributed by atoms with Crippen LogP contribution in [-0.4, -0.2) is 45.9 Å². The molecule has 148 valence electrons. The molecule has 2 aromatic rings. The number of nitrogens with zero attached hydrogens (tertiary/aromatic N) is 5. The summed E-state index contributed by atoms with van der Waals surface area (Å²) in [4.78, 5) is 12.8. The van der Waals surface area contributed by atoms with E-state index in [2.05, 4.69) is 15.0 Å². The van der Waals surface area contributed by atoms with E-state index in [1.54, 1.807) is 33.3 Å². The smallest absolute Gasteiger partial charge is 0.351 e. The molecule has 10 nitrogen and oxygen atoms in total. The zero-order valence-electron chi connectivity index (χ0n) is 15.7. The van der Waals surface area contributed by atoms with Crippen LogP contribution in [0.5, 0.6) is 0 Å². The molecule has 0 saturated carbocycles. The lowest BCUT2D eigenvalue weighted by Gasteiger charge is -2.15. The van der Waals surface area contributed by atoms with Crippen molar-refractivity contribution in [2.24, 2.45) is 5.84 Å². The van der Waals surface area contributed by atoms with E-state index in [0.29, 0.717) is 30.2 Å². The van der Waals surface area contributed by atoms with E-state index in [0.717, 1.165) is 12.8 Å². The van der Waals surface area contributed by atoms with Crippen LogP contribution in [0, 0.1) is 0 Å². The van der Waals surface area contributed by atoms with Gasteiger partial charge in [-0.25, -0.2) is 20.8 Å². The van der Waals surface area contributed by atoms with Gasteiger partial charge in [0.15, 0.2) is 17.0 Å². The number of nitrogens with two attached hydrogens (primary N) is 1. The van der Waals surface area contributed by atoms with Crippen LogP contribution < -0.4 is 10.9 Å². The average molecular weight is 396 g/mol. The van der Waals surface area contributed by atoms with Crippen molar-refractivity contribution < 1.29 is 18.3 Å². The Hall–Kier alpha value is -1.84. The number of aromatic nitrogens is 4. The monoisotopic (exact) mass is 396 g/mol. The van der Waals surface area contributed by atoms with E-state index in [4.69, 9.17) is 19.6 Å². The Bertz CT molecular complexity index is 845. The number of hydrogen-bond donors (Lipinski definition) is 1. The standard InChI is InChI=1S/C16H25N6O4P/c1-4-24-27(23,25-5-2)9-8-12-6-7-13(26-12)22-11-20-14-15(21(3)17)18-10-19-16(14)22/h8-13H,4-7,17H2,1-3H3/b9-8+/t12-,13+/m0/s1. The summed E-state index contributed by atoms with van der Waals surface area (Å²) in [7, 11) is -1.53. The first-order valence-corrected chi connectivity index (χ1v) is 10.5. The topological polar surface area (TPSA) is 118 Å². The molecule has 0 radical (unpaired) electrons. The summed E-state index contributed by atoms with van der Waals surface area (Å²) in [5, 5.41) is 1.40. The first-order valence-electron chi connectivity index (χ1n) is 8.87. The van der Waals surface area contributed by atoms with Crippen LogP contribution in [0.1, 0.15) is 32.9 Å². The maximum atomic E-state index is 12.5. The second-order valence-corrected chi connectivity index (χ2v) is 7.95. The lowest BCUT2D eigenvalue weighted by Crippen LogP contribution is -2.26. The van der Waals surface area contributed by atoms with Gasteiger partial charge in [0.1, 0.15) is 12.6 Å². The molecule has 1 saturated heterocycles. The summed E-state index contributed by atoms with van der Waals surface area (Å²) in [6, 6.07) is 0. The molecule has 3 rings (SSSR count). The van der Waals surface area contributed by atoms with Crippen molar-refractivity contribution in [3.05, 3.63) is 24.5 Å². The molecule has 1 fully saturated rings. The Morgan fingerprint density at radius 3 is 2.74 bits per heavy atom. The Balaban J connectivity index is 1.75. The van der Waals surface area contributed by atoms with Crippen LogP contribution in [0.15, 0.2) is 24.5 Å². The van der Waals surface area contributed by atoms with E-state index in [9.17, 15) is 4.57 Å². The molecule has 1 aliphatic rings. The van der Waals surface area contributed by atoms with Crippen molar-refractivity contribution in [2.75, 3.05) is 25.3 Å². The van der Waals surface area contributed by atoms with Crippen LogP contribution in [0.25, 0.3) is 11.2 Å². The van der Waals surface area contributed by atoms with Crippen molar-refractivity contribution in [1.82, 2.24) is 19.5 Å². The molecule has 0 aliphatic carbocycles. The Labute approximate surface area is 157 Å². The Morgan fingerprint density at radius 2 is 2.07 bits per heavy atom. The minimum Gasteiger partial charge on any atom is -0.351 e. The van der Waals surface area contributed by atoms with Gasteiger partial charge in [-0.2, -0.15) is 0 Å². The number of hydrogen-bond acceptors (Lipinski definition) is 9. The minimum absolute atomic E-state index is 0.194. The predicted molar refractivity (Wildman–Crippen MR) is 101 cm³/mol. The quantitative estimate of drug-likeness (QED) is 0.408. The third-order valence-electron chi connectivity index (χ3n) is 4.12. The molecule has 0 unspecified atom stereocenters. The molecule has 27 heavy (non-hydrogen) atoms. The third-order valence-corrected chi connectivity index (χ3v) is 5.89. The number of anilines is 1. The number of imidazole rings is 1. The maximum Gasteiger partial charge on any atom is 0.353 e. The van der Waals surface area contributed by atoms with Crippen molar-refractivity contribution >= 4 is 24.6 Å². The highest BCUT2D eigenvalue weighted by Crippen LogP contribution is 2.50. The highest BCUT2D eigenvalue weighted by atomic mass is 31.2. The van der Waals surface area contributed by atoms with Crippen LogP contribution in [0.4, 0.5) is 5.82 Å². The maximum absolute atomic E-state index is 12.5. The fraction of sp³-hybridized carbons (Fsp3) is 0.562.